The second-order valence-corrected chi connectivity index (χ2v) is 9.45. The number of thioether (sulfide) groups is 1. The molecule has 11 heteroatoms. The fraction of sp³-hybridized carbons (Fsp3) is 0.240. The van der Waals surface area contributed by atoms with E-state index in [-0.39, 0.29) is 23.1 Å². The highest BCUT2D eigenvalue weighted by Crippen LogP contribution is 2.40. The average Bonchev–Trinajstić information content (AvgIpc) is 2.82. The SMILES string of the molecule is CC1=C(C(=O)OC(C)C)C(c2ccc(O)cc2)c2c(nc(SCc3ccc([N+](=O)[O-])cc3)[nH]c2=O)N1. The van der Waals surface area contributed by atoms with E-state index in [1.165, 1.54) is 36.0 Å². The summed E-state index contributed by atoms with van der Waals surface area (Å²) in [6.45, 7) is 5.21. The molecule has 0 aliphatic carbocycles. The summed E-state index contributed by atoms with van der Waals surface area (Å²) in [5, 5.41) is 24.0. The van der Waals surface area contributed by atoms with E-state index < -0.39 is 22.4 Å². The van der Waals surface area contributed by atoms with Crippen molar-refractivity contribution in [3.05, 3.63) is 97.0 Å². The van der Waals surface area contributed by atoms with Crippen LogP contribution in [0.5, 0.6) is 5.75 Å². The van der Waals surface area contributed by atoms with Crippen LogP contribution in [0.25, 0.3) is 0 Å². The molecule has 1 atom stereocenters. The number of ether oxygens (including phenoxy) is 1. The number of rotatable bonds is 7. The number of nitrogens with zero attached hydrogens (tertiary/aromatic N) is 2. The number of nitrogens with one attached hydrogen (secondary N) is 2. The van der Waals surface area contributed by atoms with E-state index in [4.69, 9.17) is 4.74 Å². The monoisotopic (exact) mass is 508 g/mol. The molecule has 0 radical (unpaired) electrons. The molecule has 0 saturated carbocycles. The quantitative estimate of drug-likeness (QED) is 0.138. The van der Waals surface area contributed by atoms with E-state index in [1.54, 1.807) is 45.0 Å². The van der Waals surface area contributed by atoms with Crippen LogP contribution in [-0.4, -0.2) is 32.1 Å². The molecule has 1 unspecified atom stereocenters. The summed E-state index contributed by atoms with van der Waals surface area (Å²) in [6.07, 6.45) is -0.353. The molecule has 3 aromatic rings. The van der Waals surface area contributed by atoms with Crippen LogP contribution in [0.15, 0.2) is 69.8 Å². The number of H-pyrrole nitrogens is 1. The number of hydrogen-bond donors (Lipinski definition) is 3. The number of aromatic nitrogens is 2. The van der Waals surface area contributed by atoms with Gasteiger partial charge in [-0.05, 0) is 44.0 Å². The van der Waals surface area contributed by atoms with Crippen LogP contribution in [0.1, 0.15) is 43.4 Å². The Bertz CT molecular complexity index is 1400. The maximum Gasteiger partial charge on any atom is 0.337 e. The number of carbonyl (C=O) groups excluding carboxylic acids is 1. The maximum absolute atomic E-state index is 13.3. The summed E-state index contributed by atoms with van der Waals surface area (Å²) in [7, 11) is 0. The summed E-state index contributed by atoms with van der Waals surface area (Å²) >= 11 is 1.27. The van der Waals surface area contributed by atoms with Crippen molar-refractivity contribution >= 4 is 29.2 Å². The minimum atomic E-state index is -0.752. The summed E-state index contributed by atoms with van der Waals surface area (Å²) in [5.41, 5.74) is 2.11. The molecule has 4 rings (SSSR count). The first-order valence-corrected chi connectivity index (χ1v) is 12.1. The van der Waals surface area contributed by atoms with Gasteiger partial charge in [0.05, 0.1) is 28.1 Å². The summed E-state index contributed by atoms with van der Waals surface area (Å²) < 4.78 is 5.46. The molecule has 0 amide bonds. The molecule has 2 heterocycles. The van der Waals surface area contributed by atoms with Crippen molar-refractivity contribution in [3.63, 3.8) is 0 Å². The fourth-order valence-electron chi connectivity index (χ4n) is 3.91. The zero-order valence-corrected chi connectivity index (χ0v) is 20.6. The molecule has 0 spiro atoms. The molecule has 2 aromatic carbocycles. The summed E-state index contributed by atoms with van der Waals surface area (Å²) in [4.78, 5) is 44.1. The summed E-state index contributed by atoms with van der Waals surface area (Å²) in [6, 6.07) is 12.5. The third kappa shape index (κ3) is 5.25. The number of allylic oxidation sites excluding steroid dienone is 1. The molecular weight excluding hydrogens is 484 g/mol. The topological polar surface area (TPSA) is 147 Å². The number of aromatic amines is 1. The fourth-order valence-corrected chi connectivity index (χ4v) is 4.73. The lowest BCUT2D eigenvalue weighted by Crippen LogP contribution is -2.31. The van der Waals surface area contributed by atoms with Gasteiger partial charge in [0.25, 0.3) is 11.2 Å². The van der Waals surface area contributed by atoms with Gasteiger partial charge in [0, 0.05) is 23.6 Å². The third-order valence-electron chi connectivity index (χ3n) is 5.53. The normalized spacial score (nSPS) is 14.8. The van der Waals surface area contributed by atoms with Crippen molar-refractivity contribution in [2.45, 2.75) is 43.7 Å². The Balaban J connectivity index is 1.70. The average molecular weight is 509 g/mol. The largest absolute Gasteiger partial charge is 0.508 e. The van der Waals surface area contributed by atoms with Crippen LogP contribution in [-0.2, 0) is 15.3 Å². The molecule has 186 valence electrons. The highest BCUT2D eigenvalue weighted by molar-refractivity contribution is 7.98. The van der Waals surface area contributed by atoms with E-state index in [9.17, 15) is 24.8 Å². The Morgan fingerprint density at radius 2 is 1.86 bits per heavy atom. The zero-order chi connectivity index (χ0) is 26.0. The number of nitro benzene ring substituents is 1. The predicted octanol–water partition coefficient (Wildman–Crippen LogP) is 4.46. The van der Waals surface area contributed by atoms with Crippen LogP contribution >= 0.6 is 11.8 Å². The van der Waals surface area contributed by atoms with Gasteiger partial charge in [-0.25, -0.2) is 9.78 Å². The molecule has 36 heavy (non-hydrogen) atoms. The van der Waals surface area contributed by atoms with Gasteiger partial charge in [-0.15, -0.1) is 0 Å². The third-order valence-corrected chi connectivity index (χ3v) is 6.48. The van der Waals surface area contributed by atoms with E-state index in [0.29, 0.717) is 33.6 Å². The number of benzene rings is 2. The van der Waals surface area contributed by atoms with Gasteiger partial charge in [0.1, 0.15) is 11.6 Å². The molecule has 0 bridgehead atoms. The number of aromatic hydroxyl groups is 1. The van der Waals surface area contributed by atoms with Crippen LogP contribution < -0.4 is 10.9 Å². The van der Waals surface area contributed by atoms with E-state index in [1.807, 2.05) is 0 Å². The van der Waals surface area contributed by atoms with Crippen LogP contribution in [0.3, 0.4) is 0 Å². The minimum absolute atomic E-state index is 0.00240. The number of phenols is 1. The van der Waals surface area contributed by atoms with Crippen LogP contribution in [0.4, 0.5) is 11.5 Å². The standard InChI is InChI=1S/C25H24N4O6S/c1-13(2)35-24(32)19-14(3)26-22-21(20(19)16-6-10-18(30)11-7-16)23(31)28-25(27-22)36-12-15-4-8-17(9-5-15)29(33)34/h4-11,13,20,30H,12H2,1-3H3,(H2,26,27,28,31). The van der Waals surface area contributed by atoms with Gasteiger partial charge in [0.15, 0.2) is 5.16 Å². The molecular formula is C25H24N4O6S. The molecule has 3 N–H and O–H groups in total. The smallest absolute Gasteiger partial charge is 0.337 e. The highest BCUT2D eigenvalue weighted by Gasteiger charge is 2.36. The van der Waals surface area contributed by atoms with Crippen molar-refractivity contribution in [3.8, 4) is 5.75 Å². The molecule has 1 aliphatic heterocycles. The lowest BCUT2D eigenvalue weighted by atomic mass is 9.82. The van der Waals surface area contributed by atoms with Gasteiger partial charge in [-0.2, -0.15) is 0 Å². The van der Waals surface area contributed by atoms with Gasteiger partial charge >= 0.3 is 5.97 Å². The van der Waals surface area contributed by atoms with Crippen molar-refractivity contribution in [2.75, 3.05) is 5.32 Å². The Morgan fingerprint density at radius 3 is 2.47 bits per heavy atom. The van der Waals surface area contributed by atoms with Crippen LogP contribution in [0.2, 0.25) is 0 Å². The van der Waals surface area contributed by atoms with Gasteiger partial charge < -0.3 is 20.1 Å². The minimum Gasteiger partial charge on any atom is -0.508 e. The molecule has 0 saturated heterocycles. The Kier molecular flexibility index (Phi) is 7.11. The second-order valence-electron chi connectivity index (χ2n) is 8.49. The number of esters is 1. The van der Waals surface area contributed by atoms with Gasteiger partial charge in [-0.1, -0.05) is 36.0 Å². The predicted molar refractivity (Wildman–Crippen MR) is 135 cm³/mol. The maximum atomic E-state index is 13.3. The van der Waals surface area contributed by atoms with Crippen LogP contribution in [0, 0.1) is 10.1 Å². The number of phenolic OH excluding ortho intramolecular Hbond substituents is 1. The Morgan fingerprint density at radius 1 is 1.19 bits per heavy atom. The first-order chi connectivity index (χ1) is 17.1. The summed E-state index contributed by atoms with van der Waals surface area (Å²) in [5.74, 6) is -0.485. The molecule has 1 aromatic heterocycles. The number of nitro groups is 1. The number of anilines is 1. The number of carbonyl (C=O) groups is 1. The lowest BCUT2D eigenvalue weighted by molar-refractivity contribution is -0.384. The van der Waals surface area contributed by atoms with E-state index >= 15 is 0 Å². The highest BCUT2D eigenvalue weighted by atomic mass is 32.2. The molecule has 1 aliphatic rings. The van der Waals surface area contributed by atoms with E-state index in [0.717, 1.165) is 5.56 Å². The Hall–Kier alpha value is -4.12. The van der Waals surface area contributed by atoms with Crippen molar-refractivity contribution < 1.29 is 19.6 Å². The van der Waals surface area contributed by atoms with Crippen molar-refractivity contribution in [2.24, 2.45) is 0 Å². The first-order valence-electron chi connectivity index (χ1n) is 11.1. The van der Waals surface area contributed by atoms with E-state index in [2.05, 4.69) is 15.3 Å². The number of hydrogen-bond acceptors (Lipinski definition) is 9. The Labute approximate surface area is 210 Å². The van der Waals surface area contributed by atoms with Gasteiger partial charge in [0.2, 0.25) is 0 Å². The first kappa shape index (κ1) is 25.0. The van der Waals surface area contributed by atoms with Crippen molar-refractivity contribution in [1.29, 1.82) is 0 Å². The molecule has 0 fully saturated rings. The number of fused-ring (bicyclic) bond motifs is 1. The van der Waals surface area contributed by atoms with Crippen molar-refractivity contribution in [1.82, 2.24) is 9.97 Å². The second kappa shape index (κ2) is 10.2. The number of non-ortho nitro benzene ring substituents is 1. The lowest BCUT2D eigenvalue weighted by Gasteiger charge is -2.29. The van der Waals surface area contributed by atoms with Gasteiger partial charge in [-0.3, -0.25) is 14.9 Å². The zero-order valence-electron chi connectivity index (χ0n) is 19.8. The molecule has 10 nitrogen and oxygen atoms in total.